The van der Waals surface area contributed by atoms with E-state index in [-0.39, 0.29) is 11.7 Å². The smallest absolute Gasteiger partial charge is 0.279 e. The van der Waals surface area contributed by atoms with Crippen LogP contribution in [0.5, 0.6) is 0 Å². The van der Waals surface area contributed by atoms with E-state index in [0.717, 1.165) is 0 Å². The van der Waals surface area contributed by atoms with Gasteiger partial charge < -0.3 is 4.90 Å². The molecule has 8 heteroatoms. The first-order valence-corrected chi connectivity index (χ1v) is 9.72. The van der Waals surface area contributed by atoms with Crippen LogP contribution in [0, 0.1) is 12.7 Å². The van der Waals surface area contributed by atoms with Gasteiger partial charge in [0.1, 0.15) is 22.7 Å². The number of amides is 1. The van der Waals surface area contributed by atoms with E-state index in [1.807, 2.05) is 56.4 Å². The van der Waals surface area contributed by atoms with Crippen LogP contribution in [0.3, 0.4) is 0 Å². The van der Waals surface area contributed by atoms with Crippen molar-refractivity contribution in [2.45, 2.75) is 6.92 Å². The summed E-state index contributed by atoms with van der Waals surface area (Å²) in [5, 5.41) is 0.484. The first-order chi connectivity index (χ1) is 13.5. The Morgan fingerprint density at radius 1 is 1.14 bits per heavy atom. The highest BCUT2D eigenvalue weighted by molar-refractivity contribution is 7.22. The highest BCUT2D eigenvalue weighted by Gasteiger charge is 2.26. The number of halogens is 1. The number of fused-ring (bicyclic) bond motifs is 2. The molecule has 4 rings (SSSR count). The van der Waals surface area contributed by atoms with Crippen molar-refractivity contribution in [1.29, 1.82) is 0 Å². The molecule has 6 nitrogen and oxygen atoms in total. The van der Waals surface area contributed by atoms with Gasteiger partial charge >= 0.3 is 0 Å². The number of imidazole rings is 1. The van der Waals surface area contributed by atoms with Crippen LogP contribution in [0.1, 0.15) is 16.2 Å². The zero-order valence-electron chi connectivity index (χ0n) is 15.9. The third-order valence-electron chi connectivity index (χ3n) is 4.51. The van der Waals surface area contributed by atoms with Gasteiger partial charge in [-0.25, -0.2) is 14.4 Å². The highest BCUT2D eigenvalue weighted by atomic mass is 32.1. The number of thiazole rings is 1. The lowest BCUT2D eigenvalue weighted by Gasteiger charge is -2.22. The molecule has 0 aliphatic carbocycles. The summed E-state index contributed by atoms with van der Waals surface area (Å²) in [7, 11) is 3.89. The summed E-state index contributed by atoms with van der Waals surface area (Å²) in [5.74, 6) is -0.580. The fourth-order valence-corrected chi connectivity index (χ4v) is 4.11. The van der Waals surface area contributed by atoms with Crippen LogP contribution >= 0.6 is 11.3 Å². The van der Waals surface area contributed by atoms with Gasteiger partial charge in [0, 0.05) is 19.3 Å². The Hall–Kier alpha value is -2.84. The monoisotopic (exact) mass is 397 g/mol. The van der Waals surface area contributed by atoms with Crippen LogP contribution < -0.4 is 4.90 Å². The third-order valence-corrected chi connectivity index (χ3v) is 5.56. The standard InChI is InChI=1S/C20H20FN5OS/c1-13-18(25-10-5-4-9-16(25)22-13)19(27)26(12-11-24(2)3)20-23-17-14(21)7-6-8-15(17)28-20/h4-10H,11-12H2,1-3H3. The number of aryl methyl sites for hydroxylation is 1. The molecule has 0 saturated heterocycles. The average molecular weight is 397 g/mol. The number of anilines is 1. The van der Waals surface area contributed by atoms with Gasteiger partial charge in [0.25, 0.3) is 5.91 Å². The molecule has 0 saturated carbocycles. The summed E-state index contributed by atoms with van der Waals surface area (Å²) in [6.45, 7) is 2.91. The van der Waals surface area contributed by atoms with Gasteiger partial charge in [0.15, 0.2) is 5.13 Å². The topological polar surface area (TPSA) is 53.7 Å². The van der Waals surface area contributed by atoms with E-state index in [0.29, 0.717) is 45.5 Å². The molecule has 3 aromatic heterocycles. The Bertz CT molecular complexity index is 1170. The summed E-state index contributed by atoms with van der Waals surface area (Å²) in [5.41, 5.74) is 2.15. The molecule has 0 atom stereocenters. The molecule has 1 amide bonds. The Labute approximate surface area is 165 Å². The van der Waals surface area contributed by atoms with Crippen LogP contribution in [-0.2, 0) is 0 Å². The van der Waals surface area contributed by atoms with E-state index in [2.05, 4.69) is 9.97 Å². The van der Waals surface area contributed by atoms with Crippen molar-refractivity contribution in [3.8, 4) is 0 Å². The SMILES string of the molecule is Cc1nc2ccccn2c1C(=O)N(CCN(C)C)c1nc2c(F)cccc2s1. The third kappa shape index (κ3) is 3.25. The van der Waals surface area contributed by atoms with Gasteiger partial charge in [-0.1, -0.05) is 23.5 Å². The molecule has 0 spiro atoms. The molecule has 0 aliphatic rings. The van der Waals surface area contributed by atoms with E-state index < -0.39 is 0 Å². The van der Waals surface area contributed by atoms with Crippen LogP contribution in [0.15, 0.2) is 42.6 Å². The maximum Gasteiger partial charge on any atom is 0.279 e. The molecule has 28 heavy (non-hydrogen) atoms. The molecular weight excluding hydrogens is 377 g/mol. The van der Waals surface area contributed by atoms with Crippen molar-refractivity contribution in [2.24, 2.45) is 0 Å². The van der Waals surface area contributed by atoms with E-state index >= 15 is 0 Å². The lowest BCUT2D eigenvalue weighted by Crippen LogP contribution is -2.37. The molecule has 4 aromatic rings. The second-order valence-corrected chi connectivity index (χ2v) is 7.83. The Morgan fingerprint density at radius 2 is 1.96 bits per heavy atom. The van der Waals surface area contributed by atoms with Crippen molar-refractivity contribution in [3.63, 3.8) is 0 Å². The average Bonchev–Trinajstić information content (AvgIpc) is 3.22. The van der Waals surface area contributed by atoms with Gasteiger partial charge in [-0.3, -0.25) is 14.1 Å². The van der Waals surface area contributed by atoms with E-state index in [1.54, 1.807) is 15.4 Å². The molecule has 0 radical (unpaired) electrons. The van der Waals surface area contributed by atoms with Crippen molar-refractivity contribution in [3.05, 3.63) is 59.8 Å². The second-order valence-electron chi connectivity index (χ2n) is 6.82. The number of hydrogen-bond acceptors (Lipinski definition) is 5. The number of hydrogen-bond donors (Lipinski definition) is 0. The number of aromatic nitrogens is 3. The summed E-state index contributed by atoms with van der Waals surface area (Å²) in [4.78, 5) is 26.1. The van der Waals surface area contributed by atoms with E-state index in [4.69, 9.17) is 0 Å². The minimum absolute atomic E-state index is 0.197. The fraction of sp³-hybridized carbons (Fsp3) is 0.250. The van der Waals surface area contributed by atoms with Crippen LogP contribution in [0.25, 0.3) is 15.9 Å². The number of rotatable bonds is 5. The molecule has 0 unspecified atom stereocenters. The number of para-hydroxylation sites is 1. The first kappa shape index (κ1) is 18.5. The number of carbonyl (C=O) groups excluding carboxylic acids is 1. The number of pyridine rings is 1. The lowest BCUT2D eigenvalue weighted by molar-refractivity contribution is 0.0979. The zero-order chi connectivity index (χ0) is 19.8. The molecule has 0 aliphatic heterocycles. The van der Waals surface area contributed by atoms with E-state index in [1.165, 1.54) is 17.4 Å². The summed E-state index contributed by atoms with van der Waals surface area (Å²) >= 11 is 1.31. The van der Waals surface area contributed by atoms with Gasteiger partial charge in [-0.05, 0) is 45.3 Å². The predicted molar refractivity (Wildman–Crippen MR) is 110 cm³/mol. The number of carbonyl (C=O) groups is 1. The summed E-state index contributed by atoms with van der Waals surface area (Å²) < 4.78 is 16.6. The molecular formula is C20H20FN5OS. The minimum atomic E-state index is -0.383. The number of likely N-dealkylation sites (N-methyl/N-ethyl adjacent to an activating group) is 1. The van der Waals surface area contributed by atoms with Crippen molar-refractivity contribution >= 4 is 38.2 Å². The maximum atomic E-state index is 14.1. The lowest BCUT2D eigenvalue weighted by atomic mass is 10.3. The Morgan fingerprint density at radius 3 is 2.71 bits per heavy atom. The van der Waals surface area contributed by atoms with Crippen LogP contribution in [0.4, 0.5) is 9.52 Å². The van der Waals surface area contributed by atoms with Crippen molar-refractivity contribution < 1.29 is 9.18 Å². The van der Waals surface area contributed by atoms with Crippen LogP contribution in [-0.4, -0.2) is 52.4 Å². The molecule has 3 heterocycles. The second kappa shape index (κ2) is 7.29. The van der Waals surface area contributed by atoms with Crippen molar-refractivity contribution in [2.75, 3.05) is 32.1 Å². The van der Waals surface area contributed by atoms with Gasteiger partial charge in [-0.15, -0.1) is 0 Å². The minimum Gasteiger partial charge on any atom is -0.308 e. The zero-order valence-corrected chi connectivity index (χ0v) is 16.7. The fourth-order valence-electron chi connectivity index (χ4n) is 3.10. The summed E-state index contributed by atoms with van der Waals surface area (Å²) in [6.07, 6.45) is 1.82. The Kier molecular flexibility index (Phi) is 4.82. The highest BCUT2D eigenvalue weighted by Crippen LogP contribution is 2.31. The number of nitrogens with zero attached hydrogens (tertiary/aromatic N) is 5. The maximum absolute atomic E-state index is 14.1. The molecule has 1 aromatic carbocycles. The van der Waals surface area contributed by atoms with Gasteiger partial charge in [0.2, 0.25) is 0 Å². The number of benzene rings is 1. The molecule has 0 N–H and O–H groups in total. The quantitative estimate of drug-likeness (QED) is 0.516. The molecule has 0 fully saturated rings. The van der Waals surface area contributed by atoms with Gasteiger partial charge in [0.05, 0.1) is 10.4 Å². The summed E-state index contributed by atoms with van der Waals surface area (Å²) in [6, 6.07) is 10.5. The molecule has 144 valence electrons. The normalized spacial score (nSPS) is 11.6. The first-order valence-electron chi connectivity index (χ1n) is 8.91. The van der Waals surface area contributed by atoms with E-state index in [9.17, 15) is 9.18 Å². The largest absolute Gasteiger partial charge is 0.308 e. The van der Waals surface area contributed by atoms with Gasteiger partial charge in [-0.2, -0.15) is 0 Å². The van der Waals surface area contributed by atoms with Crippen LogP contribution in [0.2, 0.25) is 0 Å². The Balaban J connectivity index is 1.81. The predicted octanol–water partition coefficient (Wildman–Crippen LogP) is 3.60. The van der Waals surface area contributed by atoms with Crippen molar-refractivity contribution in [1.82, 2.24) is 19.3 Å². The molecule has 0 bridgehead atoms.